The molecule has 21 heavy (non-hydrogen) atoms. The summed E-state index contributed by atoms with van der Waals surface area (Å²) in [6.45, 7) is 6.86. The van der Waals surface area contributed by atoms with E-state index in [-0.39, 0.29) is 5.78 Å². The molecule has 2 aromatic rings. The van der Waals surface area contributed by atoms with Crippen molar-refractivity contribution in [3.8, 4) is 0 Å². The van der Waals surface area contributed by atoms with Crippen molar-refractivity contribution in [2.24, 2.45) is 0 Å². The van der Waals surface area contributed by atoms with E-state index >= 15 is 0 Å². The van der Waals surface area contributed by atoms with Crippen LogP contribution in [0.4, 0.5) is 5.69 Å². The van der Waals surface area contributed by atoms with Crippen molar-refractivity contribution in [2.45, 2.75) is 19.6 Å². The van der Waals surface area contributed by atoms with E-state index in [9.17, 15) is 4.79 Å². The van der Waals surface area contributed by atoms with Gasteiger partial charge in [0, 0.05) is 16.8 Å². The van der Waals surface area contributed by atoms with Crippen molar-refractivity contribution in [1.82, 2.24) is 0 Å². The number of hydrogen-bond acceptors (Lipinski definition) is 2. The second kappa shape index (κ2) is 4.71. The van der Waals surface area contributed by atoms with E-state index in [1.165, 1.54) is 5.20 Å². The van der Waals surface area contributed by atoms with Gasteiger partial charge in [-0.1, -0.05) is 56.0 Å². The largest absolute Gasteiger partial charge is 0.399 e. The van der Waals surface area contributed by atoms with Gasteiger partial charge >= 0.3 is 0 Å². The van der Waals surface area contributed by atoms with Crippen molar-refractivity contribution < 1.29 is 4.79 Å². The lowest BCUT2D eigenvalue weighted by molar-refractivity contribution is 0.105. The van der Waals surface area contributed by atoms with Gasteiger partial charge in [-0.05, 0) is 28.5 Å². The van der Waals surface area contributed by atoms with Gasteiger partial charge in [-0.2, -0.15) is 0 Å². The average Bonchev–Trinajstić information content (AvgIpc) is 2.73. The van der Waals surface area contributed by atoms with Crippen LogP contribution in [0.15, 0.2) is 48.5 Å². The van der Waals surface area contributed by atoms with Gasteiger partial charge in [0.2, 0.25) is 0 Å². The lowest BCUT2D eigenvalue weighted by Gasteiger charge is -2.21. The third-order valence-corrected chi connectivity index (χ3v) is 5.89. The number of nitrogen functional groups attached to an aromatic ring is 1. The minimum absolute atomic E-state index is 0.146. The lowest BCUT2D eigenvalue weighted by atomic mass is 10.0. The van der Waals surface area contributed by atoms with Crippen LogP contribution in [0, 0.1) is 0 Å². The number of hydrogen-bond donors (Lipinski definition) is 1. The number of carbonyl (C=O) groups is 1. The van der Waals surface area contributed by atoms with Crippen molar-refractivity contribution in [3.05, 3.63) is 65.2 Å². The number of anilines is 1. The summed E-state index contributed by atoms with van der Waals surface area (Å²) in [6.07, 6.45) is 0. The summed E-state index contributed by atoms with van der Waals surface area (Å²) in [5.41, 5.74) is 10.3. The van der Waals surface area contributed by atoms with Gasteiger partial charge in [-0.3, -0.25) is 4.79 Å². The molecule has 3 rings (SSSR count). The minimum Gasteiger partial charge on any atom is -0.399 e. The SMILES string of the molecule is C[Si](C)(C)C1=C(c2ccc(N)cc2)C(=O)c2ccccc21. The monoisotopic (exact) mass is 293 g/mol. The fourth-order valence-electron chi connectivity index (χ4n) is 2.99. The summed E-state index contributed by atoms with van der Waals surface area (Å²) in [7, 11) is -1.65. The van der Waals surface area contributed by atoms with Gasteiger partial charge in [0.15, 0.2) is 5.78 Å². The van der Waals surface area contributed by atoms with Crippen LogP contribution >= 0.6 is 0 Å². The Morgan fingerprint density at radius 1 is 0.857 bits per heavy atom. The van der Waals surface area contributed by atoms with Gasteiger partial charge in [0.25, 0.3) is 0 Å². The summed E-state index contributed by atoms with van der Waals surface area (Å²) in [4.78, 5) is 12.9. The van der Waals surface area contributed by atoms with Crippen molar-refractivity contribution in [2.75, 3.05) is 5.73 Å². The van der Waals surface area contributed by atoms with Gasteiger partial charge in [0.1, 0.15) is 0 Å². The Hall–Kier alpha value is -2.13. The summed E-state index contributed by atoms with van der Waals surface area (Å²) in [5.74, 6) is 0.146. The number of Topliss-reactive ketones (excluding diaryl/α,β-unsaturated/α-hetero) is 1. The molecule has 2 aromatic carbocycles. The molecule has 0 aliphatic heterocycles. The molecule has 0 fully saturated rings. The number of carbonyl (C=O) groups excluding carboxylic acids is 1. The summed E-state index contributed by atoms with van der Waals surface area (Å²) >= 11 is 0. The van der Waals surface area contributed by atoms with Crippen LogP contribution in [0.25, 0.3) is 10.8 Å². The Kier molecular flexibility index (Phi) is 3.10. The quantitative estimate of drug-likeness (QED) is 0.664. The van der Waals surface area contributed by atoms with Crippen LogP contribution in [0.1, 0.15) is 21.5 Å². The smallest absolute Gasteiger partial charge is 0.194 e. The predicted molar refractivity (Wildman–Crippen MR) is 91.8 cm³/mol. The molecule has 0 radical (unpaired) electrons. The van der Waals surface area contributed by atoms with Gasteiger partial charge < -0.3 is 5.73 Å². The maximum absolute atomic E-state index is 12.9. The van der Waals surface area contributed by atoms with E-state index < -0.39 is 8.07 Å². The van der Waals surface area contributed by atoms with Crippen molar-refractivity contribution in [1.29, 1.82) is 0 Å². The van der Waals surface area contributed by atoms with E-state index in [0.717, 1.165) is 28.0 Å². The molecular formula is C18H19NOSi. The summed E-state index contributed by atoms with van der Waals surface area (Å²) in [6, 6.07) is 15.6. The van der Waals surface area contributed by atoms with Crippen LogP contribution in [-0.4, -0.2) is 13.9 Å². The zero-order chi connectivity index (χ0) is 15.2. The summed E-state index contributed by atoms with van der Waals surface area (Å²) < 4.78 is 0. The Morgan fingerprint density at radius 2 is 1.43 bits per heavy atom. The number of allylic oxidation sites excluding steroid dienone is 1. The number of benzene rings is 2. The molecule has 2 N–H and O–H groups in total. The summed E-state index contributed by atoms with van der Waals surface area (Å²) in [5, 5.41) is 1.26. The molecule has 0 atom stereocenters. The van der Waals surface area contributed by atoms with Crippen LogP contribution in [0.2, 0.25) is 19.6 Å². The van der Waals surface area contributed by atoms with Gasteiger partial charge in [-0.15, -0.1) is 0 Å². The van der Waals surface area contributed by atoms with Crippen LogP contribution in [0.5, 0.6) is 0 Å². The Balaban J connectivity index is 2.29. The zero-order valence-electron chi connectivity index (χ0n) is 12.6. The molecule has 0 unspecified atom stereocenters. The normalized spacial score (nSPS) is 14.5. The van der Waals surface area contributed by atoms with E-state index in [1.54, 1.807) is 0 Å². The molecule has 1 aliphatic carbocycles. The first-order valence-corrected chi connectivity index (χ1v) is 10.6. The van der Waals surface area contributed by atoms with E-state index in [2.05, 4.69) is 25.7 Å². The third kappa shape index (κ3) is 2.23. The zero-order valence-corrected chi connectivity index (χ0v) is 13.6. The average molecular weight is 293 g/mol. The molecule has 3 heteroatoms. The van der Waals surface area contributed by atoms with E-state index in [4.69, 9.17) is 5.73 Å². The molecule has 0 heterocycles. The second-order valence-electron chi connectivity index (χ2n) is 6.50. The number of rotatable bonds is 2. The second-order valence-corrected chi connectivity index (χ2v) is 11.5. The highest BCUT2D eigenvalue weighted by Gasteiger charge is 2.36. The molecule has 0 spiro atoms. The fourth-order valence-corrected chi connectivity index (χ4v) is 5.02. The highest BCUT2D eigenvalue weighted by molar-refractivity contribution is 6.96. The maximum atomic E-state index is 12.9. The molecule has 0 aromatic heterocycles. The topological polar surface area (TPSA) is 43.1 Å². The fraction of sp³-hybridized carbons (Fsp3) is 0.167. The molecule has 0 bridgehead atoms. The van der Waals surface area contributed by atoms with Gasteiger partial charge in [-0.25, -0.2) is 0 Å². The number of fused-ring (bicyclic) bond motifs is 1. The lowest BCUT2D eigenvalue weighted by Crippen LogP contribution is -2.23. The van der Waals surface area contributed by atoms with Crippen LogP contribution in [0.3, 0.4) is 0 Å². The Labute approximate surface area is 126 Å². The predicted octanol–water partition coefficient (Wildman–Crippen LogP) is 4.25. The molecule has 2 nitrogen and oxygen atoms in total. The van der Waals surface area contributed by atoms with E-state index in [1.807, 2.05) is 42.5 Å². The molecule has 0 saturated carbocycles. The van der Waals surface area contributed by atoms with Crippen LogP contribution in [-0.2, 0) is 0 Å². The van der Waals surface area contributed by atoms with Crippen molar-refractivity contribution in [3.63, 3.8) is 0 Å². The van der Waals surface area contributed by atoms with E-state index in [0.29, 0.717) is 0 Å². The maximum Gasteiger partial charge on any atom is 0.194 e. The minimum atomic E-state index is -1.65. The number of ketones is 1. The first-order chi connectivity index (χ1) is 9.89. The molecular weight excluding hydrogens is 274 g/mol. The molecule has 0 saturated heterocycles. The third-order valence-electron chi connectivity index (χ3n) is 3.87. The van der Waals surface area contributed by atoms with Crippen molar-refractivity contribution >= 4 is 30.3 Å². The highest BCUT2D eigenvalue weighted by atomic mass is 28.3. The Morgan fingerprint density at radius 3 is 2.00 bits per heavy atom. The molecule has 1 aliphatic rings. The first kappa shape index (κ1) is 13.8. The highest BCUT2D eigenvalue weighted by Crippen LogP contribution is 2.43. The standard InChI is InChI=1S/C18H19NOSi/c1-21(2,3)18-15-7-5-4-6-14(15)17(20)16(18)12-8-10-13(19)11-9-12/h4-11H,19H2,1-3H3. The molecule has 0 amide bonds. The molecule has 106 valence electrons. The Bertz CT molecular complexity index is 752. The first-order valence-electron chi connectivity index (χ1n) is 7.14. The number of nitrogens with two attached hydrogens (primary N) is 1. The van der Waals surface area contributed by atoms with Crippen LogP contribution < -0.4 is 5.73 Å². The van der Waals surface area contributed by atoms with Gasteiger partial charge in [0.05, 0.1) is 8.07 Å².